The molecule has 0 atom stereocenters. The van der Waals surface area contributed by atoms with E-state index in [0.717, 1.165) is 6.07 Å². The minimum atomic E-state index is -4.74. The molecule has 0 fully saturated rings. The van der Waals surface area contributed by atoms with E-state index < -0.39 is 23.2 Å². The molecule has 0 aliphatic heterocycles. The predicted octanol–water partition coefficient (Wildman–Crippen LogP) is 6.88. The average Bonchev–Trinajstić information content (AvgIpc) is 2.78. The number of benzene rings is 3. The Morgan fingerprint density at radius 1 is 0.794 bits per heavy atom. The smallest absolute Gasteiger partial charge is 0.334 e. The van der Waals surface area contributed by atoms with Crippen LogP contribution in [0.25, 0.3) is 11.1 Å². The monoisotopic (exact) mass is 468 g/mol. The van der Waals surface area contributed by atoms with Gasteiger partial charge in [-0.1, -0.05) is 54.6 Å². The highest BCUT2D eigenvalue weighted by molar-refractivity contribution is 6.12. The highest BCUT2D eigenvalue weighted by Gasteiger charge is 2.37. The van der Waals surface area contributed by atoms with E-state index in [1.807, 2.05) is 27.7 Å². The summed E-state index contributed by atoms with van der Waals surface area (Å²) in [5, 5.41) is 2.58. The molecule has 0 heterocycles. The molecule has 2 amide bonds. The molecule has 0 spiro atoms. The quantitative estimate of drug-likeness (QED) is 0.429. The van der Waals surface area contributed by atoms with E-state index in [1.165, 1.54) is 18.2 Å². The first-order chi connectivity index (χ1) is 16.0. The van der Waals surface area contributed by atoms with Crippen molar-refractivity contribution in [3.63, 3.8) is 0 Å². The molecule has 0 aromatic heterocycles. The molecule has 3 rings (SSSR count). The summed E-state index contributed by atoms with van der Waals surface area (Å²) in [5.41, 5.74) is -0.533. The van der Waals surface area contributed by atoms with Crippen molar-refractivity contribution in [1.29, 1.82) is 0 Å². The van der Waals surface area contributed by atoms with Gasteiger partial charge in [-0.25, -0.2) is 0 Å². The predicted molar refractivity (Wildman–Crippen MR) is 128 cm³/mol. The van der Waals surface area contributed by atoms with E-state index >= 15 is 0 Å². The zero-order valence-electron chi connectivity index (χ0n) is 19.5. The highest BCUT2D eigenvalue weighted by atomic mass is 19.4. The van der Waals surface area contributed by atoms with E-state index in [1.54, 1.807) is 53.4 Å². The van der Waals surface area contributed by atoms with Gasteiger partial charge in [-0.3, -0.25) is 9.59 Å². The van der Waals surface area contributed by atoms with Gasteiger partial charge in [0.15, 0.2) is 0 Å². The average molecular weight is 469 g/mol. The zero-order chi connectivity index (χ0) is 25.0. The number of alkyl halides is 3. The van der Waals surface area contributed by atoms with Gasteiger partial charge in [-0.05, 0) is 57.0 Å². The summed E-state index contributed by atoms with van der Waals surface area (Å²) in [5.74, 6) is -1.25. The van der Waals surface area contributed by atoms with E-state index in [0.29, 0.717) is 5.56 Å². The summed E-state index contributed by atoms with van der Waals surface area (Å²) in [6.07, 6.45) is -4.74. The molecule has 4 nitrogen and oxygen atoms in total. The third-order valence-corrected chi connectivity index (χ3v) is 5.43. The summed E-state index contributed by atoms with van der Waals surface area (Å²) in [6.45, 7) is 7.52. The lowest BCUT2D eigenvalue weighted by molar-refractivity contribution is -0.137. The minimum Gasteiger partial charge on any atom is -0.334 e. The first kappa shape index (κ1) is 25.0. The molecule has 0 aliphatic rings. The van der Waals surface area contributed by atoms with Crippen molar-refractivity contribution in [3.8, 4) is 11.1 Å². The van der Waals surface area contributed by atoms with E-state index in [9.17, 15) is 22.8 Å². The summed E-state index contributed by atoms with van der Waals surface area (Å²) in [4.78, 5) is 28.3. The fraction of sp³-hybridized carbons (Fsp3) is 0.259. The Balaban J connectivity index is 2.09. The number of amides is 2. The summed E-state index contributed by atoms with van der Waals surface area (Å²) in [7, 11) is 0. The van der Waals surface area contributed by atoms with Crippen molar-refractivity contribution < 1.29 is 22.8 Å². The summed E-state index contributed by atoms with van der Waals surface area (Å²) >= 11 is 0. The molecule has 3 aromatic rings. The summed E-state index contributed by atoms with van der Waals surface area (Å²) < 4.78 is 41.7. The molecule has 0 bridgehead atoms. The van der Waals surface area contributed by atoms with Gasteiger partial charge in [-0.15, -0.1) is 0 Å². The van der Waals surface area contributed by atoms with Crippen LogP contribution < -0.4 is 5.32 Å². The van der Waals surface area contributed by atoms with Gasteiger partial charge in [0.1, 0.15) is 0 Å². The number of carbonyl (C=O) groups excluding carboxylic acids is 2. The molecule has 34 heavy (non-hydrogen) atoms. The topological polar surface area (TPSA) is 49.4 Å². The lowest BCUT2D eigenvalue weighted by atomic mass is 9.94. The normalized spacial score (nSPS) is 11.6. The van der Waals surface area contributed by atoms with Crippen molar-refractivity contribution in [1.82, 2.24) is 4.90 Å². The van der Waals surface area contributed by atoms with Gasteiger partial charge in [0.05, 0.1) is 22.4 Å². The molecule has 1 N–H and O–H groups in total. The van der Waals surface area contributed by atoms with Crippen LogP contribution in [0, 0.1) is 0 Å². The largest absolute Gasteiger partial charge is 0.417 e. The van der Waals surface area contributed by atoms with Crippen LogP contribution in [0.1, 0.15) is 54.0 Å². The molecule has 0 saturated heterocycles. The maximum absolute atomic E-state index is 13.9. The zero-order valence-corrected chi connectivity index (χ0v) is 19.5. The fourth-order valence-corrected chi connectivity index (χ4v) is 4.06. The number of para-hydroxylation sites is 1. The lowest BCUT2D eigenvalue weighted by Crippen LogP contribution is -2.42. The van der Waals surface area contributed by atoms with E-state index in [4.69, 9.17) is 0 Å². The van der Waals surface area contributed by atoms with Crippen molar-refractivity contribution in [2.24, 2.45) is 0 Å². The standard InChI is InChI=1S/C27H27F3N2O2/c1-17(2)32(18(3)4)26(34)21-13-8-9-16-23(21)31-25(33)24-20(19-11-6-5-7-12-19)14-10-15-22(24)27(28,29)30/h5-18H,1-4H3,(H,31,33). The molecule has 0 radical (unpaired) electrons. The lowest BCUT2D eigenvalue weighted by Gasteiger charge is -2.31. The van der Waals surface area contributed by atoms with Crippen molar-refractivity contribution in [3.05, 3.63) is 89.5 Å². The molecule has 3 aromatic carbocycles. The van der Waals surface area contributed by atoms with Gasteiger partial charge in [-0.2, -0.15) is 13.2 Å². The molecule has 7 heteroatoms. The molecule has 0 saturated carbocycles. The Bertz CT molecular complexity index is 1160. The van der Waals surface area contributed by atoms with Crippen LogP contribution in [0.2, 0.25) is 0 Å². The van der Waals surface area contributed by atoms with Crippen molar-refractivity contribution >= 4 is 17.5 Å². The Labute approximate surface area is 197 Å². The first-order valence-corrected chi connectivity index (χ1v) is 11.0. The number of halogens is 3. The number of hydrogen-bond acceptors (Lipinski definition) is 2. The number of carbonyl (C=O) groups is 2. The first-order valence-electron chi connectivity index (χ1n) is 11.0. The summed E-state index contributed by atoms with van der Waals surface area (Å²) in [6, 6.07) is 18.2. The van der Waals surface area contributed by atoms with Crippen LogP contribution in [0.3, 0.4) is 0 Å². The SMILES string of the molecule is CC(C)N(C(=O)c1ccccc1NC(=O)c1c(-c2ccccc2)cccc1C(F)(F)F)C(C)C. The minimum absolute atomic E-state index is 0.105. The molecule has 0 unspecified atom stereocenters. The second-order valence-corrected chi connectivity index (χ2v) is 8.49. The second-order valence-electron chi connectivity index (χ2n) is 8.49. The number of rotatable bonds is 6. The van der Waals surface area contributed by atoms with Crippen LogP contribution in [-0.4, -0.2) is 28.8 Å². The Kier molecular flexibility index (Phi) is 7.44. The Hall–Kier alpha value is -3.61. The Morgan fingerprint density at radius 3 is 1.97 bits per heavy atom. The molecule has 0 aliphatic carbocycles. The van der Waals surface area contributed by atoms with Crippen LogP contribution in [0.5, 0.6) is 0 Å². The van der Waals surface area contributed by atoms with Gasteiger partial charge < -0.3 is 10.2 Å². The third kappa shape index (κ3) is 5.30. The van der Waals surface area contributed by atoms with Gasteiger partial charge in [0.2, 0.25) is 0 Å². The van der Waals surface area contributed by atoms with Crippen LogP contribution >= 0.6 is 0 Å². The molecular formula is C27H27F3N2O2. The van der Waals surface area contributed by atoms with Crippen LogP contribution in [0.15, 0.2) is 72.8 Å². The highest BCUT2D eigenvalue weighted by Crippen LogP contribution is 2.37. The van der Waals surface area contributed by atoms with Crippen molar-refractivity contribution in [2.45, 2.75) is 46.0 Å². The Morgan fingerprint density at radius 2 is 1.38 bits per heavy atom. The van der Waals surface area contributed by atoms with Crippen LogP contribution in [-0.2, 0) is 6.18 Å². The third-order valence-electron chi connectivity index (χ3n) is 5.43. The molecular weight excluding hydrogens is 441 g/mol. The second kappa shape index (κ2) is 10.1. The number of nitrogens with zero attached hydrogens (tertiary/aromatic N) is 1. The van der Waals surface area contributed by atoms with Crippen molar-refractivity contribution in [2.75, 3.05) is 5.32 Å². The van der Waals surface area contributed by atoms with Crippen LogP contribution in [0.4, 0.5) is 18.9 Å². The van der Waals surface area contributed by atoms with Gasteiger partial charge >= 0.3 is 6.18 Å². The van der Waals surface area contributed by atoms with E-state index in [2.05, 4.69) is 5.32 Å². The number of hydrogen-bond donors (Lipinski definition) is 1. The van der Waals surface area contributed by atoms with Gasteiger partial charge in [0, 0.05) is 12.1 Å². The number of anilines is 1. The number of nitrogens with one attached hydrogen (secondary N) is 1. The van der Waals surface area contributed by atoms with E-state index in [-0.39, 0.29) is 34.8 Å². The fourth-order valence-electron chi connectivity index (χ4n) is 4.06. The maximum atomic E-state index is 13.9. The van der Waals surface area contributed by atoms with Gasteiger partial charge in [0.25, 0.3) is 11.8 Å². The maximum Gasteiger partial charge on any atom is 0.417 e. The molecule has 178 valence electrons.